The van der Waals surface area contributed by atoms with Gasteiger partial charge in [-0.15, -0.1) is 0 Å². The minimum Gasteiger partial charge on any atom is -0.478 e. The van der Waals surface area contributed by atoms with Crippen molar-refractivity contribution in [1.29, 1.82) is 0 Å². The van der Waals surface area contributed by atoms with Gasteiger partial charge in [0.15, 0.2) is 0 Å². The van der Waals surface area contributed by atoms with E-state index >= 15 is 0 Å². The van der Waals surface area contributed by atoms with Crippen LogP contribution in [0.2, 0.25) is 0 Å². The van der Waals surface area contributed by atoms with Crippen LogP contribution in [0.3, 0.4) is 0 Å². The summed E-state index contributed by atoms with van der Waals surface area (Å²) in [4.78, 5) is 10.9. The van der Waals surface area contributed by atoms with E-state index in [0.717, 1.165) is 0 Å². The van der Waals surface area contributed by atoms with Crippen molar-refractivity contribution in [2.45, 2.75) is 18.7 Å². The van der Waals surface area contributed by atoms with Crippen LogP contribution in [-0.2, 0) is 20.5 Å². The molecule has 1 aromatic rings. The molecule has 1 saturated heterocycles. The number of morpholine rings is 1. The van der Waals surface area contributed by atoms with E-state index < -0.39 is 16.0 Å². The minimum atomic E-state index is -3.47. The van der Waals surface area contributed by atoms with Crippen LogP contribution >= 0.6 is 0 Å². The first-order valence-corrected chi connectivity index (χ1v) is 7.90. The predicted octanol–water partition coefficient (Wildman–Crippen LogP) is 0.935. The first kappa shape index (κ1) is 15.0. The smallest absolute Gasteiger partial charge is 0.335 e. The van der Waals surface area contributed by atoms with E-state index in [0.29, 0.717) is 25.3 Å². The Morgan fingerprint density at radius 3 is 2.90 bits per heavy atom. The summed E-state index contributed by atoms with van der Waals surface area (Å²) >= 11 is 0. The zero-order chi connectivity index (χ0) is 14.8. The van der Waals surface area contributed by atoms with Crippen LogP contribution in [0.4, 0.5) is 0 Å². The third kappa shape index (κ3) is 3.36. The van der Waals surface area contributed by atoms with Gasteiger partial charge < -0.3 is 9.84 Å². The Labute approximate surface area is 118 Å². The van der Waals surface area contributed by atoms with E-state index in [1.807, 2.05) is 0 Å². The maximum atomic E-state index is 12.4. The third-order valence-electron chi connectivity index (χ3n) is 3.19. The van der Waals surface area contributed by atoms with E-state index in [1.165, 1.54) is 16.4 Å². The van der Waals surface area contributed by atoms with Gasteiger partial charge in [-0.05, 0) is 24.6 Å². The highest BCUT2D eigenvalue weighted by molar-refractivity contribution is 7.88. The molecule has 0 amide bonds. The average molecular weight is 299 g/mol. The summed E-state index contributed by atoms with van der Waals surface area (Å²) < 4.78 is 31.4. The molecule has 110 valence electrons. The first-order valence-electron chi connectivity index (χ1n) is 6.29. The molecule has 0 radical (unpaired) electrons. The number of benzene rings is 1. The molecule has 1 aliphatic heterocycles. The zero-order valence-electron chi connectivity index (χ0n) is 11.2. The third-order valence-corrected chi connectivity index (χ3v) is 5.14. The van der Waals surface area contributed by atoms with E-state index in [1.54, 1.807) is 19.1 Å². The second-order valence-electron chi connectivity index (χ2n) is 4.80. The van der Waals surface area contributed by atoms with Gasteiger partial charge in [-0.3, -0.25) is 0 Å². The van der Waals surface area contributed by atoms with Gasteiger partial charge in [0.2, 0.25) is 10.0 Å². The SMILES string of the molecule is C[C@@H]1COCCN1S(=O)(=O)Cc1cccc(C(=O)O)c1. The molecule has 0 bridgehead atoms. The lowest BCUT2D eigenvalue weighted by Crippen LogP contribution is -2.47. The van der Waals surface area contributed by atoms with Crippen molar-refractivity contribution in [3.8, 4) is 0 Å². The van der Waals surface area contributed by atoms with Gasteiger partial charge in [-0.25, -0.2) is 13.2 Å². The van der Waals surface area contributed by atoms with Crippen LogP contribution in [0.5, 0.6) is 0 Å². The molecule has 1 atom stereocenters. The Morgan fingerprint density at radius 2 is 2.25 bits per heavy atom. The van der Waals surface area contributed by atoms with Crippen LogP contribution in [0.25, 0.3) is 0 Å². The number of hydrogen-bond acceptors (Lipinski definition) is 4. The fraction of sp³-hybridized carbons (Fsp3) is 0.462. The molecule has 0 aliphatic carbocycles. The lowest BCUT2D eigenvalue weighted by molar-refractivity contribution is 0.0392. The van der Waals surface area contributed by atoms with Gasteiger partial charge in [0.05, 0.1) is 24.5 Å². The molecule has 7 heteroatoms. The second kappa shape index (κ2) is 5.90. The predicted molar refractivity (Wildman–Crippen MR) is 73.0 cm³/mol. The average Bonchev–Trinajstić information content (AvgIpc) is 2.38. The van der Waals surface area contributed by atoms with Crippen LogP contribution < -0.4 is 0 Å². The Balaban J connectivity index is 2.19. The summed E-state index contributed by atoms with van der Waals surface area (Å²) in [6.07, 6.45) is 0. The van der Waals surface area contributed by atoms with Crippen molar-refractivity contribution >= 4 is 16.0 Å². The number of sulfonamides is 1. The fourth-order valence-corrected chi connectivity index (χ4v) is 3.94. The molecule has 2 rings (SSSR count). The number of hydrogen-bond donors (Lipinski definition) is 1. The van der Waals surface area contributed by atoms with Crippen molar-refractivity contribution in [3.63, 3.8) is 0 Å². The van der Waals surface area contributed by atoms with Gasteiger partial charge in [0.25, 0.3) is 0 Å². The van der Waals surface area contributed by atoms with Gasteiger partial charge in [-0.1, -0.05) is 12.1 Å². The quantitative estimate of drug-likeness (QED) is 0.894. The number of carboxylic acid groups (broad SMARTS) is 1. The molecule has 1 heterocycles. The van der Waals surface area contributed by atoms with E-state index in [-0.39, 0.29) is 17.4 Å². The number of carbonyl (C=O) groups is 1. The van der Waals surface area contributed by atoms with Crippen LogP contribution in [-0.4, -0.2) is 49.6 Å². The summed E-state index contributed by atoms with van der Waals surface area (Å²) in [7, 11) is -3.47. The van der Waals surface area contributed by atoms with Gasteiger partial charge in [0, 0.05) is 12.6 Å². The van der Waals surface area contributed by atoms with Crippen molar-refractivity contribution in [1.82, 2.24) is 4.31 Å². The largest absolute Gasteiger partial charge is 0.478 e. The number of aromatic carboxylic acids is 1. The fourth-order valence-electron chi connectivity index (χ4n) is 2.21. The molecule has 0 spiro atoms. The normalized spacial score (nSPS) is 20.8. The standard InChI is InChI=1S/C13H17NO5S/c1-10-8-19-6-5-14(10)20(17,18)9-11-3-2-4-12(7-11)13(15)16/h2-4,7,10H,5-6,8-9H2,1H3,(H,15,16)/t10-/m1/s1. The molecule has 0 aromatic heterocycles. The van der Waals surface area contributed by atoms with Crippen molar-refractivity contribution < 1.29 is 23.1 Å². The topological polar surface area (TPSA) is 83.9 Å². The maximum absolute atomic E-state index is 12.4. The lowest BCUT2D eigenvalue weighted by Gasteiger charge is -2.32. The van der Waals surface area contributed by atoms with E-state index in [4.69, 9.17) is 9.84 Å². The molecule has 20 heavy (non-hydrogen) atoms. The van der Waals surface area contributed by atoms with Gasteiger partial charge in [0.1, 0.15) is 0 Å². The number of rotatable bonds is 4. The molecule has 1 aromatic carbocycles. The van der Waals surface area contributed by atoms with Crippen molar-refractivity contribution in [2.24, 2.45) is 0 Å². The van der Waals surface area contributed by atoms with E-state index in [9.17, 15) is 13.2 Å². The highest BCUT2D eigenvalue weighted by Crippen LogP contribution is 2.17. The summed E-state index contributed by atoms with van der Waals surface area (Å²) in [5, 5.41) is 8.92. The molecule has 0 saturated carbocycles. The molecular weight excluding hydrogens is 282 g/mol. The molecule has 6 nitrogen and oxygen atoms in total. The summed E-state index contributed by atoms with van der Waals surface area (Å²) in [6.45, 7) is 2.90. The second-order valence-corrected chi connectivity index (χ2v) is 6.72. The Bertz CT molecular complexity index is 599. The highest BCUT2D eigenvalue weighted by Gasteiger charge is 2.30. The van der Waals surface area contributed by atoms with Gasteiger partial charge in [-0.2, -0.15) is 4.31 Å². The maximum Gasteiger partial charge on any atom is 0.335 e. The minimum absolute atomic E-state index is 0.0905. The monoisotopic (exact) mass is 299 g/mol. The van der Waals surface area contributed by atoms with Crippen LogP contribution in [0.1, 0.15) is 22.8 Å². The molecule has 0 unspecified atom stereocenters. The molecule has 1 N–H and O–H groups in total. The zero-order valence-corrected chi connectivity index (χ0v) is 12.0. The molecule has 1 fully saturated rings. The number of ether oxygens (including phenoxy) is 1. The van der Waals surface area contributed by atoms with Crippen molar-refractivity contribution in [2.75, 3.05) is 19.8 Å². The van der Waals surface area contributed by atoms with Gasteiger partial charge >= 0.3 is 5.97 Å². The van der Waals surface area contributed by atoms with E-state index in [2.05, 4.69) is 0 Å². The molecular formula is C13H17NO5S. The highest BCUT2D eigenvalue weighted by atomic mass is 32.2. The van der Waals surface area contributed by atoms with Crippen LogP contribution in [0, 0.1) is 0 Å². The first-order chi connectivity index (χ1) is 9.40. The van der Waals surface area contributed by atoms with Crippen molar-refractivity contribution in [3.05, 3.63) is 35.4 Å². The lowest BCUT2D eigenvalue weighted by atomic mass is 10.1. The Hall–Kier alpha value is -1.44. The Morgan fingerprint density at radius 1 is 1.50 bits per heavy atom. The number of carboxylic acids is 1. The summed E-state index contributed by atoms with van der Waals surface area (Å²) in [6, 6.07) is 5.81. The Kier molecular flexibility index (Phi) is 4.42. The summed E-state index contributed by atoms with van der Waals surface area (Å²) in [5.41, 5.74) is 0.566. The molecule has 1 aliphatic rings. The number of nitrogens with zero attached hydrogens (tertiary/aromatic N) is 1. The van der Waals surface area contributed by atoms with Crippen LogP contribution in [0.15, 0.2) is 24.3 Å². The summed E-state index contributed by atoms with van der Waals surface area (Å²) in [5.74, 6) is -1.26.